The predicted molar refractivity (Wildman–Crippen MR) is 118 cm³/mol. The number of methoxy groups -OCH3 is 1. The first-order chi connectivity index (χ1) is 14.5. The Morgan fingerprint density at radius 3 is 2.40 bits per heavy atom. The molecule has 6 nitrogen and oxygen atoms in total. The Labute approximate surface area is 180 Å². The molecule has 0 unspecified atom stereocenters. The maximum absolute atomic E-state index is 12.5. The summed E-state index contributed by atoms with van der Waals surface area (Å²) in [6.07, 6.45) is 1.67. The van der Waals surface area contributed by atoms with Crippen LogP contribution in [0.1, 0.15) is 24.0 Å². The number of carbonyl (C=O) groups is 1. The zero-order valence-corrected chi connectivity index (χ0v) is 18.3. The fourth-order valence-electron chi connectivity index (χ4n) is 3.56. The summed E-state index contributed by atoms with van der Waals surface area (Å²) in [7, 11) is 1.62. The lowest BCUT2D eigenvalue weighted by molar-refractivity contribution is -0.135. The number of carbonyl (C=O) groups excluding carboxylic acids is 1. The summed E-state index contributed by atoms with van der Waals surface area (Å²) in [6.45, 7) is 5.54. The van der Waals surface area contributed by atoms with Gasteiger partial charge < -0.3 is 19.1 Å². The Kier molecular flexibility index (Phi) is 6.08. The number of piperidine rings is 1. The minimum Gasteiger partial charge on any atom is -0.497 e. The third kappa shape index (κ3) is 4.51. The van der Waals surface area contributed by atoms with Crippen molar-refractivity contribution in [3.8, 4) is 16.7 Å². The average Bonchev–Trinajstić information content (AvgIpc) is 3.20. The van der Waals surface area contributed by atoms with Crippen molar-refractivity contribution in [2.24, 2.45) is 0 Å². The zero-order chi connectivity index (χ0) is 21.1. The summed E-state index contributed by atoms with van der Waals surface area (Å²) in [5.41, 5.74) is 3.41. The number of amides is 1. The molecule has 4 rings (SSSR count). The molecule has 0 spiro atoms. The van der Waals surface area contributed by atoms with Gasteiger partial charge in [0, 0.05) is 25.9 Å². The Balaban J connectivity index is 1.27. The van der Waals surface area contributed by atoms with Crippen molar-refractivity contribution in [1.29, 1.82) is 0 Å². The lowest BCUT2D eigenvalue weighted by Crippen LogP contribution is -2.43. The topological polar surface area (TPSA) is 60.9 Å². The van der Waals surface area contributed by atoms with E-state index in [2.05, 4.69) is 31.0 Å². The molecule has 158 valence electrons. The Bertz CT molecular complexity index is 985. The molecule has 0 radical (unpaired) electrons. The Morgan fingerprint density at radius 2 is 1.73 bits per heavy atom. The first-order valence-electron chi connectivity index (χ1n) is 10.1. The first-order valence-corrected chi connectivity index (χ1v) is 10.9. The normalized spacial score (nSPS) is 14.7. The van der Waals surface area contributed by atoms with Crippen molar-refractivity contribution in [1.82, 2.24) is 9.88 Å². The number of nitrogens with zero attached hydrogens (tertiary/aromatic N) is 2. The minimum absolute atomic E-state index is 0.00416. The summed E-state index contributed by atoms with van der Waals surface area (Å²) in [6, 6.07) is 11.4. The summed E-state index contributed by atoms with van der Waals surface area (Å²) in [5, 5.41) is 0.718. The summed E-state index contributed by atoms with van der Waals surface area (Å²) >= 11 is 1.60. The van der Waals surface area contributed by atoms with E-state index in [1.807, 2.05) is 17.0 Å². The van der Waals surface area contributed by atoms with Gasteiger partial charge in [-0.3, -0.25) is 4.79 Å². The third-order valence-electron chi connectivity index (χ3n) is 5.41. The molecule has 2 aromatic carbocycles. The van der Waals surface area contributed by atoms with Crippen LogP contribution in [0, 0.1) is 13.8 Å². The van der Waals surface area contributed by atoms with E-state index >= 15 is 0 Å². The van der Waals surface area contributed by atoms with Gasteiger partial charge in [-0.1, -0.05) is 23.5 Å². The molecule has 1 aliphatic heterocycles. The standard InChI is InChI=1S/C23H26N2O4S/c1-15-4-5-16(2)22-21(15)24-23(30-22)29-19-10-12-25(13-11-19)20(26)14-28-18-8-6-17(27-3)7-9-18/h4-9,19H,10-14H2,1-3H3. The number of hydrogen-bond acceptors (Lipinski definition) is 6. The van der Waals surface area contributed by atoms with Crippen LogP contribution in [0.5, 0.6) is 16.7 Å². The number of benzene rings is 2. The molecule has 2 heterocycles. The number of ether oxygens (including phenoxy) is 3. The quantitative estimate of drug-likeness (QED) is 0.586. The number of hydrogen-bond donors (Lipinski definition) is 0. The Morgan fingerprint density at radius 1 is 1.07 bits per heavy atom. The monoisotopic (exact) mass is 426 g/mol. The smallest absolute Gasteiger partial charge is 0.274 e. The number of aryl methyl sites for hydroxylation is 2. The summed E-state index contributed by atoms with van der Waals surface area (Å²) in [4.78, 5) is 19.0. The van der Waals surface area contributed by atoms with Crippen molar-refractivity contribution in [3.63, 3.8) is 0 Å². The van der Waals surface area contributed by atoms with Crippen LogP contribution in [-0.2, 0) is 4.79 Å². The molecule has 0 atom stereocenters. The molecular formula is C23H26N2O4S. The average molecular weight is 427 g/mol. The van der Waals surface area contributed by atoms with E-state index < -0.39 is 0 Å². The molecule has 0 saturated carbocycles. The predicted octanol–water partition coefficient (Wildman–Crippen LogP) is 4.37. The van der Waals surface area contributed by atoms with Gasteiger partial charge in [0.05, 0.1) is 17.3 Å². The lowest BCUT2D eigenvalue weighted by Gasteiger charge is -2.31. The van der Waals surface area contributed by atoms with Gasteiger partial charge in [0.25, 0.3) is 11.1 Å². The van der Waals surface area contributed by atoms with Gasteiger partial charge in [0.15, 0.2) is 6.61 Å². The number of fused-ring (bicyclic) bond motifs is 1. The largest absolute Gasteiger partial charge is 0.497 e. The fraction of sp³-hybridized carbons (Fsp3) is 0.391. The molecule has 1 aromatic heterocycles. The van der Waals surface area contributed by atoms with Crippen LogP contribution in [-0.4, -0.2) is 48.7 Å². The molecule has 3 aromatic rings. The first kappa shape index (κ1) is 20.5. The van der Waals surface area contributed by atoms with Gasteiger partial charge in [-0.15, -0.1) is 0 Å². The van der Waals surface area contributed by atoms with E-state index in [1.54, 1.807) is 30.6 Å². The number of likely N-dealkylation sites (tertiary alicyclic amines) is 1. The zero-order valence-electron chi connectivity index (χ0n) is 17.5. The number of thiazole rings is 1. The van der Waals surface area contributed by atoms with Gasteiger partial charge in [0.1, 0.15) is 17.6 Å². The van der Waals surface area contributed by atoms with E-state index in [4.69, 9.17) is 14.2 Å². The highest BCUT2D eigenvalue weighted by atomic mass is 32.1. The molecule has 0 N–H and O–H groups in total. The van der Waals surface area contributed by atoms with Crippen LogP contribution in [0.15, 0.2) is 36.4 Å². The van der Waals surface area contributed by atoms with E-state index in [-0.39, 0.29) is 18.6 Å². The van der Waals surface area contributed by atoms with Gasteiger partial charge in [-0.25, -0.2) is 4.98 Å². The summed E-state index contributed by atoms with van der Waals surface area (Å²) in [5.74, 6) is 1.41. The van der Waals surface area contributed by atoms with Crippen LogP contribution in [0.3, 0.4) is 0 Å². The van der Waals surface area contributed by atoms with Crippen molar-refractivity contribution in [2.45, 2.75) is 32.8 Å². The molecular weight excluding hydrogens is 400 g/mol. The second kappa shape index (κ2) is 8.92. The molecule has 1 saturated heterocycles. The molecule has 1 aliphatic rings. The van der Waals surface area contributed by atoms with Crippen LogP contribution < -0.4 is 14.2 Å². The number of aromatic nitrogens is 1. The van der Waals surface area contributed by atoms with E-state index in [9.17, 15) is 4.79 Å². The van der Waals surface area contributed by atoms with Gasteiger partial charge in [-0.2, -0.15) is 0 Å². The SMILES string of the molecule is COc1ccc(OCC(=O)N2CCC(Oc3nc4c(C)ccc(C)c4s3)CC2)cc1. The minimum atomic E-state index is -0.00416. The van der Waals surface area contributed by atoms with Crippen molar-refractivity contribution < 1.29 is 19.0 Å². The lowest BCUT2D eigenvalue weighted by atomic mass is 10.1. The fourth-order valence-corrected chi connectivity index (χ4v) is 4.59. The van der Waals surface area contributed by atoms with Crippen molar-refractivity contribution in [2.75, 3.05) is 26.8 Å². The second-order valence-corrected chi connectivity index (χ2v) is 8.48. The third-order valence-corrected chi connectivity index (χ3v) is 6.49. The number of rotatable bonds is 6. The van der Waals surface area contributed by atoms with Crippen molar-refractivity contribution in [3.05, 3.63) is 47.5 Å². The highest BCUT2D eigenvalue weighted by Crippen LogP contribution is 2.33. The van der Waals surface area contributed by atoms with Crippen LogP contribution in [0.2, 0.25) is 0 Å². The van der Waals surface area contributed by atoms with Crippen LogP contribution in [0.25, 0.3) is 10.2 Å². The van der Waals surface area contributed by atoms with E-state index in [1.165, 1.54) is 15.8 Å². The summed E-state index contributed by atoms with van der Waals surface area (Å²) < 4.78 is 18.1. The second-order valence-electron chi connectivity index (χ2n) is 7.52. The molecule has 30 heavy (non-hydrogen) atoms. The molecule has 1 amide bonds. The molecule has 0 aliphatic carbocycles. The van der Waals surface area contributed by atoms with E-state index in [0.717, 1.165) is 29.3 Å². The van der Waals surface area contributed by atoms with Crippen LogP contribution >= 0.6 is 11.3 Å². The van der Waals surface area contributed by atoms with Gasteiger partial charge in [0.2, 0.25) is 0 Å². The van der Waals surface area contributed by atoms with E-state index in [0.29, 0.717) is 18.8 Å². The van der Waals surface area contributed by atoms with Gasteiger partial charge in [-0.05, 0) is 49.2 Å². The van der Waals surface area contributed by atoms with Crippen molar-refractivity contribution >= 4 is 27.5 Å². The highest BCUT2D eigenvalue weighted by Gasteiger charge is 2.25. The maximum atomic E-state index is 12.5. The molecule has 0 bridgehead atoms. The van der Waals surface area contributed by atoms with Crippen LogP contribution in [0.4, 0.5) is 0 Å². The highest BCUT2D eigenvalue weighted by molar-refractivity contribution is 7.20. The van der Waals surface area contributed by atoms with Gasteiger partial charge >= 0.3 is 0 Å². The molecule has 7 heteroatoms. The Hall–Kier alpha value is -2.80. The molecule has 1 fully saturated rings. The maximum Gasteiger partial charge on any atom is 0.274 e.